The molecule has 13 N–H and O–H groups in total. The Morgan fingerprint density at radius 2 is 1.15 bits per heavy atom. The van der Waals surface area contributed by atoms with Crippen LogP contribution in [-0.4, -0.2) is 246 Å². The monoisotopic (exact) mass is 1260 g/mol. The summed E-state index contributed by atoms with van der Waals surface area (Å²) >= 11 is 0. The van der Waals surface area contributed by atoms with Crippen LogP contribution < -0.4 is 0 Å². The Morgan fingerprint density at radius 1 is 0.602 bits per heavy atom. The molecule has 4 aliphatic heterocycles. The van der Waals surface area contributed by atoms with Crippen LogP contribution in [0.2, 0.25) is 0 Å². The molecule has 5 aliphatic carbocycles. The molecule has 8 fully saturated rings. The number of ether oxygens (including phenoxy) is 10. The van der Waals surface area contributed by atoms with Gasteiger partial charge in [-0.25, -0.2) is 9.59 Å². The smallest absolute Gasteiger partial charge is 0.333 e. The third kappa shape index (κ3) is 11.5. The highest BCUT2D eigenvalue weighted by Gasteiger charge is 2.74. The van der Waals surface area contributed by atoms with Crippen molar-refractivity contribution in [1.29, 1.82) is 0 Å². The van der Waals surface area contributed by atoms with E-state index in [-0.39, 0.29) is 23.7 Å². The summed E-state index contributed by atoms with van der Waals surface area (Å²) in [6.45, 7) is 20.6. The number of rotatable bonds is 15. The molecule has 4 heterocycles. The molecule has 9 rings (SSSR count). The molecule has 88 heavy (non-hydrogen) atoms. The lowest BCUT2D eigenvalue weighted by Gasteiger charge is -2.72. The number of carbonyl (C=O) groups excluding carboxylic acids is 2. The quantitative estimate of drug-likeness (QED) is 0.0446. The minimum atomic E-state index is -1.94. The van der Waals surface area contributed by atoms with Crippen molar-refractivity contribution < 1.29 is 123 Å². The second-order valence-electron chi connectivity index (χ2n) is 28.8. The SMILES string of the molecule is C/C=C(/C)C(=O)OC1C(OC(=O)/C(C)=C\C)C2(CO)C(O)CC3(C)C(=CCC4C5(C)CCC(O[C@H]6OC[C@H](O[C@@H]7O[C@H](CO)[C@@H](O)[C@H](O)[C@H]7O)[C@H](O)[C@H]6O[C@@H]6O[C@H](CO)[C@@H](O)[C@H](O)[C@H]6O[C@@H]6O[C@H](C)[C@@H](O)[C@H](O)[C@@H]6O)C(C)(C)C5CCC43C)C2CC1(C)C. The van der Waals surface area contributed by atoms with Gasteiger partial charge in [-0.1, -0.05) is 72.3 Å². The predicted molar refractivity (Wildman–Crippen MR) is 306 cm³/mol. The second-order valence-corrected chi connectivity index (χ2v) is 28.8. The van der Waals surface area contributed by atoms with Crippen LogP contribution >= 0.6 is 0 Å². The van der Waals surface area contributed by atoms with E-state index in [0.29, 0.717) is 43.3 Å². The molecular weight excluding hydrogens is 1160 g/mol. The van der Waals surface area contributed by atoms with Gasteiger partial charge in [0.05, 0.1) is 50.2 Å². The molecule has 0 bridgehead atoms. The van der Waals surface area contributed by atoms with Gasteiger partial charge in [0, 0.05) is 16.6 Å². The topological polar surface area (TPSA) is 389 Å². The van der Waals surface area contributed by atoms with Gasteiger partial charge in [-0.15, -0.1) is 0 Å². The summed E-state index contributed by atoms with van der Waals surface area (Å²) in [5.74, 6) is -1.68. The van der Waals surface area contributed by atoms with Crippen molar-refractivity contribution in [3.8, 4) is 0 Å². The molecule has 0 aromatic heterocycles. The zero-order valence-corrected chi connectivity index (χ0v) is 52.7. The normalized spacial score (nSPS) is 50.3. The first-order valence-corrected chi connectivity index (χ1v) is 31.4. The summed E-state index contributed by atoms with van der Waals surface area (Å²) in [4.78, 5) is 27.5. The van der Waals surface area contributed by atoms with Gasteiger partial charge in [0.15, 0.2) is 31.3 Å². The van der Waals surface area contributed by atoms with Crippen molar-refractivity contribution in [2.24, 2.45) is 50.2 Å². The molecule has 4 saturated carbocycles. The summed E-state index contributed by atoms with van der Waals surface area (Å²) in [5.41, 5.74) is -2.55. The number of allylic oxidation sites excluding steroid dienone is 4. The number of fused-ring (bicyclic) bond motifs is 7. The van der Waals surface area contributed by atoms with E-state index in [1.165, 1.54) is 6.92 Å². The third-order valence-corrected chi connectivity index (χ3v) is 23.3. The first kappa shape index (κ1) is 69.7. The van der Waals surface area contributed by atoms with E-state index in [9.17, 15) is 76.0 Å². The van der Waals surface area contributed by atoms with Gasteiger partial charge in [-0.2, -0.15) is 0 Å². The number of hydrogen-bond donors (Lipinski definition) is 13. The fourth-order valence-corrected chi connectivity index (χ4v) is 17.5. The lowest BCUT2D eigenvalue weighted by Crippen LogP contribution is -2.72. The van der Waals surface area contributed by atoms with Crippen LogP contribution in [0.1, 0.15) is 128 Å². The minimum absolute atomic E-state index is 0.0153. The van der Waals surface area contributed by atoms with Crippen LogP contribution in [0.3, 0.4) is 0 Å². The largest absolute Gasteiger partial charge is 0.454 e. The highest BCUT2D eigenvalue weighted by Crippen LogP contribution is 2.76. The molecule has 0 aromatic rings. The van der Waals surface area contributed by atoms with Crippen LogP contribution in [0.25, 0.3) is 0 Å². The first-order chi connectivity index (χ1) is 41.2. The Morgan fingerprint density at radius 3 is 1.74 bits per heavy atom. The molecule has 11 unspecified atom stereocenters. The van der Waals surface area contributed by atoms with Crippen molar-refractivity contribution in [3.63, 3.8) is 0 Å². The second kappa shape index (κ2) is 25.9. The molecule has 0 spiro atoms. The maximum Gasteiger partial charge on any atom is 0.333 e. The standard InChI is InChI=1S/C63H100O25/c1-13-27(3)52(77)87-50-51(88-53(78)28(4)14-2)63(26-66)31(21-58(50,6)7)30-15-16-36-60(10)19-18-38(59(8,9)35(60)17-20-61(36,11)62(30,12)22-37(63)67)84-56-48(42(71)34(25-79-56)83-55-47(76)44(73)40(69)32(23-64)81-55)86-57-49(45(74)41(70)33(24-65)82-57)85-54-46(75)43(72)39(68)29(5)80-54/h13-15,29,31-51,54-57,64-76H,16-26H2,1-12H3/b27-13-,28-14-/t29-,31?,32-,33-,34+,35?,36?,37?,38?,39-,40-,41-,42+,43+,44+,45+,46+,47-,48-,49-,50?,51?,54+,55+,56-,57+,60?,61?,62?,63?/m1/s1. The van der Waals surface area contributed by atoms with E-state index < -0.39 is 212 Å². The molecule has 0 amide bonds. The highest BCUT2D eigenvalue weighted by molar-refractivity contribution is 5.88. The van der Waals surface area contributed by atoms with E-state index in [0.717, 1.165) is 12.0 Å². The van der Waals surface area contributed by atoms with Crippen molar-refractivity contribution in [2.75, 3.05) is 26.4 Å². The average Bonchev–Trinajstić information content (AvgIpc) is 0.682. The number of hydrogen-bond acceptors (Lipinski definition) is 25. The molecule has 9 aliphatic rings. The zero-order chi connectivity index (χ0) is 64.9. The van der Waals surface area contributed by atoms with Gasteiger partial charge in [-0.05, 0) is 119 Å². The number of esters is 2. The Balaban J connectivity index is 1.02. The summed E-state index contributed by atoms with van der Waals surface area (Å²) < 4.78 is 62.2. The maximum absolute atomic E-state index is 13.9. The molecule has 502 valence electrons. The van der Waals surface area contributed by atoms with Crippen molar-refractivity contribution in [2.45, 2.75) is 269 Å². The van der Waals surface area contributed by atoms with Crippen molar-refractivity contribution in [1.82, 2.24) is 0 Å². The summed E-state index contributed by atoms with van der Waals surface area (Å²) in [5, 5.41) is 145. The van der Waals surface area contributed by atoms with Crippen molar-refractivity contribution in [3.05, 3.63) is 34.9 Å². The predicted octanol–water partition coefficient (Wildman–Crippen LogP) is 0.0514. The molecule has 25 heteroatoms. The minimum Gasteiger partial charge on any atom is -0.454 e. The van der Waals surface area contributed by atoms with Gasteiger partial charge in [0.25, 0.3) is 0 Å². The van der Waals surface area contributed by atoms with Gasteiger partial charge >= 0.3 is 11.9 Å². The third-order valence-electron chi connectivity index (χ3n) is 23.3. The number of aliphatic hydroxyl groups is 13. The average molecular weight is 1260 g/mol. The van der Waals surface area contributed by atoms with E-state index in [1.807, 2.05) is 13.8 Å². The lowest BCUT2D eigenvalue weighted by atomic mass is 9.33. The van der Waals surface area contributed by atoms with Crippen LogP contribution in [0, 0.1) is 50.2 Å². The Labute approximate surface area is 514 Å². The van der Waals surface area contributed by atoms with Gasteiger partial charge in [0.1, 0.15) is 91.6 Å². The van der Waals surface area contributed by atoms with Gasteiger partial charge < -0.3 is 114 Å². The van der Waals surface area contributed by atoms with E-state index in [4.69, 9.17) is 47.4 Å². The number of carbonyl (C=O) groups is 2. The van der Waals surface area contributed by atoms with Crippen LogP contribution in [0.5, 0.6) is 0 Å². The molecule has 25 nitrogen and oxygen atoms in total. The van der Waals surface area contributed by atoms with Crippen LogP contribution in [0.15, 0.2) is 34.9 Å². The Kier molecular flexibility index (Phi) is 20.5. The molecule has 0 aromatic carbocycles. The number of aliphatic hydroxyl groups excluding tert-OH is 13. The van der Waals surface area contributed by atoms with Gasteiger partial charge in [0.2, 0.25) is 0 Å². The molecular formula is C63H100O25. The van der Waals surface area contributed by atoms with Gasteiger partial charge in [-0.3, -0.25) is 0 Å². The highest BCUT2D eigenvalue weighted by atomic mass is 16.8. The summed E-state index contributed by atoms with van der Waals surface area (Å²) in [7, 11) is 0. The summed E-state index contributed by atoms with van der Waals surface area (Å²) in [6.07, 6.45) is -26.7. The van der Waals surface area contributed by atoms with E-state index in [1.54, 1.807) is 39.8 Å². The first-order valence-electron chi connectivity index (χ1n) is 31.4. The van der Waals surface area contributed by atoms with Crippen LogP contribution in [0.4, 0.5) is 0 Å². The molecule has 4 saturated heterocycles. The molecule has 30 atom stereocenters. The fraction of sp³-hybridized carbons (Fsp3) is 0.873. The molecule has 0 radical (unpaired) electrons. The maximum atomic E-state index is 13.9. The van der Waals surface area contributed by atoms with E-state index in [2.05, 4.69) is 40.7 Å². The Bertz CT molecular complexity index is 2580. The zero-order valence-electron chi connectivity index (χ0n) is 52.7. The van der Waals surface area contributed by atoms with E-state index >= 15 is 0 Å². The lowest BCUT2D eigenvalue weighted by molar-refractivity contribution is -0.398. The van der Waals surface area contributed by atoms with Crippen LogP contribution in [-0.2, 0) is 57.0 Å². The summed E-state index contributed by atoms with van der Waals surface area (Å²) in [6, 6.07) is 0. The van der Waals surface area contributed by atoms with Crippen molar-refractivity contribution >= 4 is 11.9 Å². The fourth-order valence-electron chi connectivity index (χ4n) is 17.5. The Hall–Kier alpha value is -2.68.